The summed E-state index contributed by atoms with van der Waals surface area (Å²) in [7, 11) is -3.03. The van der Waals surface area contributed by atoms with Gasteiger partial charge in [-0.25, -0.2) is 0 Å². The minimum absolute atomic E-state index is 0.299. The van der Waals surface area contributed by atoms with Crippen LogP contribution in [0.4, 0.5) is 5.69 Å². The van der Waals surface area contributed by atoms with Crippen LogP contribution in [-0.4, -0.2) is 13.2 Å². The van der Waals surface area contributed by atoms with E-state index in [9.17, 15) is 4.57 Å². The molecule has 1 aromatic carbocycles. The molecule has 18 heavy (non-hydrogen) atoms. The molecule has 0 unspecified atom stereocenters. The molecular weight excluding hydrogens is 249 g/mol. The third-order valence-corrected chi connectivity index (χ3v) is 4.24. The van der Waals surface area contributed by atoms with Gasteiger partial charge in [-0.15, -0.1) is 0 Å². The summed E-state index contributed by atoms with van der Waals surface area (Å²) >= 11 is 0. The maximum Gasteiger partial charge on any atom is 0.335 e. The topological polar surface area (TPSA) is 61.5 Å². The molecule has 0 aromatic heterocycles. The highest BCUT2D eigenvalue weighted by atomic mass is 31.2. The number of hydrogen-bond acceptors (Lipinski definition) is 4. The number of rotatable bonds is 8. The maximum atomic E-state index is 12.5. The largest absolute Gasteiger partial charge is 0.399 e. The zero-order valence-corrected chi connectivity index (χ0v) is 12.0. The SMILES string of the molecule is CCCOP(=O)(Cc1ccc(N)cc1)OCCC. The molecule has 0 bridgehead atoms. The molecule has 0 saturated carbocycles. The third kappa shape index (κ3) is 5.21. The van der Waals surface area contributed by atoms with Crippen molar-refractivity contribution in [3.63, 3.8) is 0 Å². The monoisotopic (exact) mass is 271 g/mol. The van der Waals surface area contributed by atoms with E-state index in [4.69, 9.17) is 14.8 Å². The van der Waals surface area contributed by atoms with E-state index in [-0.39, 0.29) is 0 Å². The quantitative estimate of drug-likeness (QED) is 0.576. The lowest BCUT2D eigenvalue weighted by Crippen LogP contribution is -2.01. The molecule has 0 aliphatic heterocycles. The fourth-order valence-corrected chi connectivity index (χ4v) is 3.27. The van der Waals surface area contributed by atoms with Crippen molar-refractivity contribution >= 4 is 13.3 Å². The second-order valence-electron chi connectivity index (χ2n) is 4.18. The van der Waals surface area contributed by atoms with E-state index in [1.807, 2.05) is 26.0 Å². The van der Waals surface area contributed by atoms with E-state index in [0.717, 1.165) is 18.4 Å². The summed E-state index contributed by atoms with van der Waals surface area (Å²) in [5, 5.41) is 0. The molecule has 0 saturated heterocycles. The zero-order chi connectivity index (χ0) is 13.4. The number of hydrogen-bond donors (Lipinski definition) is 1. The molecule has 0 spiro atoms. The summed E-state index contributed by atoms with van der Waals surface area (Å²) in [5.41, 5.74) is 7.23. The molecule has 0 fully saturated rings. The van der Waals surface area contributed by atoms with E-state index in [2.05, 4.69) is 0 Å². The molecule has 0 aliphatic rings. The first-order valence-corrected chi connectivity index (χ1v) is 8.05. The minimum atomic E-state index is -3.03. The first-order chi connectivity index (χ1) is 8.59. The molecule has 1 aromatic rings. The Morgan fingerprint density at radius 1 is 1.06 bits per heavy atom. The van der Waals surface area contributed by atoms with Crippen molar-refractivity contribution in [2.24, 2.45) is 0 Å². The number of benzene rings is 1. The fraction of sp³-hybridized carbons (Fsp3) is 0.538. The number of nitrogens with two attached hydrogens (primary N) is 1. The van der Waals surface area contributed by atoms with E-state index in [1.54, 1.807) is 12.1 Å². The summed E-state index contributed by atoms with van der Waals surface area (Å²) < 4.78 is 23.3. The lowest BCUT2D eigenvalue weighted by atomic mass is 10.2. The molecule has 1 rings (SSSR count). The van der Waals surface area contributed by atoms with Crippen LogP contribution in [0.25, 0.3) is 0 Å². The summed E-state index contributed by atoms with van der Waals surface area (Å²) in [6, 6.07) is 7.29. The molecule has 5 heteroatoms. The van der Waals surface area contributed by atoms with Crippen LogP contribution in [0.15, 0.2) is 24.3 Å². The fourth-order valence-electron chi connectivity index (χ4n) is 1.44. The van der Waals surface area contributed by atoms with Crippen LogP contribution in [0.2, 0.25) is 0 Å². The van der Waals surface area contributed by atoms with Crippen LogP contribution in [0.1, 0.15) is 32.3 Å². The van der Waals surface area contributed by atoms with E-state index >= 15 is 0 Å². The maximum absolute atomic E-state index is 12.5. The van der Waals surface area contributed by atoms with Gasteiger partial charge >= 0.3 is 7.60 Å². The lowest BCUT2D eigenvalue weighted by molar-refractivity contribution is 0.203. The predicted octanol–water partition coefficient (Wildman–Crippen LogP) is 3.82. The van der Waals surface area contributed by atoms with Gasteiger partial charge in [0.1, 0.15) is 0 Å². The lowest BCUT2D eigenvalue weighted by Gasteiger charge is -2.18. The summed E-state index contributed by atoms with van der Waals surface area (Å²) in [4.78, 5) is 0. The first kappa shape index (κ1) is 15.2. The van der Waals surface area contributed by atoms with Gasteiger partial charge in [0, 0.05) is 5.69 Å². The minimum Gasteiger partial charge on any atom is -0.399 e. The van der Waals surface area contributed by atoms with Crippen LogP contribution >= 0.6 is 7.60 Å². The molecule has 102 valence electrons. The molecular formula is C13H22NO3P. The Labute approximate surface area is 109 Å². The zero-order valence-electron chi connectivity index (χ0n) is 11.1. The Morgan fingerprint density at radius 3 is 2.00 bits per heavy atom. The van der Waals surface area contributed by atoms with Gasteiger partial charge < -0.3 is 14.8 Å². The van der Waals surface area contributed by atoms with Crippen LogP contribution in [0.5, 0.6) is 0 Å². The van der Waals surface area contributed by atoms with Gasteiger partial charge in [0.25, 0.3) is 0 Å². The van der Waals surface area contributed by atoms with Crippen molar-refractivity contribution in [2.75, 3.05) is 18.9 Å². The van der Waals surface area contributed by atoms with Gasteiger partial charge in [-0.3, -0.25) is 4.57 Å². The Kier molecular flexibility index (Phi) is 6.41. The Bertz CT molecular complexity index is 380. The third-order valence-electron chi connectivity index (χ3n) is 2.34. The highest BCUT2D eigenvalue weighted by Crippen LogP contribution is 2.51. The second kappa shape index (κ2) is 7.57. The van der Waals surface area contributed by atoms with Crippen molar-refractivity contribution in [1.82, 2.24) is 0 Å². The molecule has 0 amide bonds. The molecule has 0 aliphatic carbocycles. The van der Waals surface area contributed by atoms with Gasteiger partial charge in [0.05, 0.1) is 19.4 Å². The van der Waals surface area contributed by atoms with Crippen molar-refractivity contribution in [1.29, 1.82) is 0 Å². The van der Waals surface area contributed by atoms with Crippen LogP contribution in [0.3, 0.4) is 0 Å². The Morgan fingerprint density at radius 2 is 1.56 bits per heavy atom. The normalized spacial score (nSPS) is 11.7. The smallest absolute Gasteiger partial charge is 0.335 e. The molecule has 0 atom stereocenters. The van der Waals surface area contributed by atoms with Gasteiger partial charge in [-0.1, -0.05) is 26.0 Å². The van der Waals surface area contributed by atoms with Gasteiger partial charge in [-0.05, 0) is 30.5 Å². The Balaban J connectivity index is 2.70. The summed E-state index contributed by atoms with van der Waals surface area (Å²) in [6.07, 6.45) is 1.94. The summed E-state index contributed by atoms with van der Waals surface area (Å²) in [5.74, 6) is 0. The van der Waals surface area contributed by atoms with Crippen molar-refractivity contribution < 1.29 is 13.6 Å². The van der Waals surface area contributed by atoms with Crippen molar-refractivity contribution in [2.45, 2.75) is 32.9 Å². The Hall–Kier alpha value is -0.830. The van der Waals surface area contributed by atoms with Gasteiger partial charge in [0.15, 0.2) is 0 Å². The highest BCUT2D eigenvalue weighted by Gasteiger charge is 2.24. The molecule has 4 nitrogen and oxygen atoms in total. The van der Waals surface area contributed by atoms with E-state index in [0.29, 0.717) is 25.1 Å². The first-order valence-electron chi connectivity index (χ1n) is 6.32. The molecule has 0 heterocycles. The van der Waals surface area contributed by atoms with Crippen LogP contribution in [0, 0.1) is 0 Å². The van der Waals surface area contributed by atoms with E-state index < -0.39 is 7.60 Å². The molecule has 0 radical (unpaired) electrons. The second-order valence-corrected chi connectivity index (χ2v) is 6.23. The average Bonchev–Trinajstić information content (AvgIpc) is 2.37. The number of anilines is 1. The van der Waals surface area contributed by atoms with Gasteiger partial charge in [0.2, 0.25) is 0 Å². The van der Waals surface area contributed by atoms with Crippen LogP contribution < -0.4 is 5.73 Å². The van der Waals surface area contributed by atoms with Crippen molar-refractivity contribution in [3.8, 4) is 0 Å². The van der Waals surface area contributed by atoms with Crippen molar-refractivity contribution in [3.05, 3.63) is 29.8 Å². The molecule has 2 N–H and O–H groups in total. The number of nitrogen functional groups attached to an aromatic ring is 1. The standard InChI is InChI=1S/C13H22NO3P/c1-3-9-16-18(15,17-10-4-2)11-12-5-7-13(14)8-6-12/h5-8H,3-4,9-11,14H2,1-2H3. The average molecular weight is 271 g/mol. The highest BCUT2D eigenvalue weighted by molar-refractivity contribution is 7.53. The summed E-state index contributed by atoms with van der Waals surface area (Å²) in [6.45, 7) is 4.87. The van der Waals surface area contributed by atoms with Crippen LogP contribution in [-0.2, 0) is 19.8 Å². The van der Waals surface area contributed by atoms with E-state index in [1.165, 1.54) is 0 Å². The van der Waals surface area contributed by atoms with Gasteiger partial charge in [-0.2, -0.15) is 0 Å². The predicted molar refractivity (Wildman–Crippen MR) is 74.7 cm³/mol.